The van der Waals surface area contributed by atoms with E-state index in [9.17, 15) is 8.42 Å². The van der Waals surface area contributed by atoms with Gasteiger partial charge >= 0.3 is 0 Å². The molecule has 1 unspecified atom stereocenters. The first-order valence-electron chi connectivity index (χ1n) is 6.98. The SMILES string of the molecule is Cc1noc(C)c1S(=O)(=O)NC1CCC12CCOCC2. The van der Waals surface area contributed by atoms with Gasteiger partial charge in [-0.25, -0.2) is 13.1 Å². The summed E-state index contributed by atoms with van der Waals surface area (Å²) in [6.07, 6.45) is 3.83. The lowest BCUT2D eigenvalue weighted by Crippen LogP contribution is -2.57. The Kier molecular flexibility index (Phi) is 3.38. The van der Waals surface area contributed by atoms with Crippen molar-refractivity contribution in [3.63, 3.8) is 0 Å². The van der Waals surface area contributed by atoms with Gasteiger partial charge in [0.2, 0.25) is 10.0 Å². The summed E-state index contributed by atoms with van der Waals surface area (Å²) in [5.74, 6) is 0.343. The van der Waals surface area contributed by atoms with E-state index in [2.05, 4.69) is 9.88 Å². The molecule has 1 aliphatic heterocycles. The first kappa shape index (κ1) is 14.0. The van der Waals surface area contributed by atoms with Gasteiger partial charge in [0.05, 0.1) is 0 Å². The topological polar surface area (TPSA) is 81.4 Å². The Morgan fingerprint density at radius 3 is 2.45 bits per heavy atom. The van der Waals surface area contributed by atoms with Gasteiger partial charge in [-0.3, -0.25) is 0 Å². The van der Waals surface area contributed by atoms with E-state index in [1.165, 1.54) is 0 Å². The van der Waals surface area contributed by atoms with Crippen LogP contribution in [0.4, 0.5) is 0 Å². The summed E-state index contributed by atoms with van der Waals surface area (Å²) in [5, 5.41) is 3.72. The van der Waals surface area contributed by atoms with Crippen molar-refractivity contribution in [1.82, 2.24) is 9.88 Å². The van der Waals surface area contributed by atoms with Crippen LogP contribution in [0.3, 0.4) is 0 Å². The fourth-order valence-corrected chi connectivity index (χ4v) is 5.06. The smallest absolute Gasteiger partial charge is 0.246 e. The molecule has 1 aromatic heterocycles. The normalized spacial score (nSPS) is 25.6. The van der Waals surface area contributed by atoms with Crippen molar-refractivity contribution in [2.75, 3.05) is 13.2 Å². The summed E-state index contributed by atoms with van der Waals surface area (Å²) in [6, 6.07) is 0.00472. The summed E-state index contributed by atoms with van der Waals surface area (Å²) < 4.78 is 38.2. The van der Waals surface area contributed by atoms with Crippen LogP contribution in [0.15, 0.2) is 9.42 Å². The van der Waals surface area contributed by atoms with Crippen LogP contribution in [-0.2, 0) is 14.8 Å². The minimum Gasteiger partial charge on any atom is -0.381 e. The fraction of sp³-hybridized carbons (Fsp3) is 0.769. The van der Waals surface area contributed by atoms with E-state index in [4.69, 9.17) is 9.26 Å². The number of rotatable bonds is 3. The Balaban J connectivity index is 1.81. The molecular weight excluding hydrogens is 280 g/mol. The lowest BCUT2D eigenvalue weighted by atomic mass is 9.60. The Labute approximate surface area is 118 Å². The maximum Gasteiger partial charge on any atom is 0.246 e. The van der Waals surface area contributed by atoms with Crippen LogP contribution in [0.2, 0.25) is 0 Å². The van der Waals surface area contributed by atoms with E-state index in [0.717, 1.165) is 38.9 Å². The van der Waals surface area contributed by atoms with Crippen LogP contribution in [0.25, 0.3) is 0 Å². The molecule has 0 radical (unpaired) electrons. The van der Waals surface area contributed by atoms with Crippen molar-refractivity contribution in [2.24, 2.45) is 5.41 Å². The number of aryl methyl sites for hydroxylation is 2. The van der Waals surface area contributed by atoms with E-state index in [1.807, 2.05) is 0 Å². The van der Waals surface area contributed by atoms with Gasteiger partial charge in [0.1, 0.15) is 10.6 Å². The Morgan fingerprint density at radius 1 is 1.25 bits per heavy atom. The number of sulfonamides is 1. The van der Waals surface area contributed by atoms with E-state index in [-0.39, 0.29) is 16.4 Å². The quantitative estimate of drug-likeness (QED) is 0.915. The van der Waals surface area contributed by atoms with Gasteiger partial charge in [-0.15, -0.1) is 0 Å². The number of nitrogens with zero attached hydrogens (tertiary/aromatic N) is 1. The molecule has 6 nitrogen and oxygen atoms in total. The van der Waals surface area contributed by atoms with Crippen LogP contribution >= 0.6 is 0 Å². The van der Waals surface area contributed by atoms with E-state index in [1.54, 1.807) is 13.8 Å². The predicted molar refractivity (Wildman–Crippen MR) is 71.8 cm³/mol. The minimum atomic E-state index is -3.56. The van der Waals surface area contributed by atoms with Crippen molar-refractivity contribution >= 4 is 10.0 Å². The van der Waals surface area contributed by atoms with Crippen molar-refractivity contribution < 1.29 is 17.7 Å². The van der Waals surface area contributed by atoms with Gasteiger partial charge < -0.3 is 9.26 Å². The highest BCUT2D eigenvalue weighted by molar-refractivity contribution is 7.89. The van der Waals surface area contributed by atoms with Crippen LogP contribution in [-0.4, -0.2) is 32.8 Å². The first-order chi connectivity index (χ1) is 9.45. The molecule has 1 saturated heterocycles. The lowest BCUT2D eigenvalue weighted by molar-refractivity contribution is -0.0483. The summed E-state index contributed by atoms with van der Waals surface area (Å²) in [6.45, 7) is 4.72. The molecule has 3 rings (SSSR count). The maximum atomic E-state index is 12.5. The minimum absolute atomic E-state index is 0.00472. The molecule has 7 heteroatoms. The molecule has 0 bridgehead atoms. The number of ether oxygens (including phenoxy) is 1. The van der Waals surface area contributed by atoms with Gasteiger partial charge in [-0.2, -0.15) is 0 Å². The van der Waals surface area contributed by atoms with Gasteiger partial charge in [-0.05, 0) is 44.9 Å². The van der Waals surface area contributed by atoms with Crippen molar-refractivity contribution in [2.45, 2.75) is 50.5 Å². The molecule has 2 aliphatic rings. The summed E-state index contributed by atoms with van der Waals surface area (Å²) in [4.78, 5) is 0.187. The molecule has 1 aliphatic carbocycles. The Morgan fingerprint density at radius 2 is 1.95 bits per heavy atom. The van der Waals surface area contributed by atoms with Gasteiger partial charge in [-0.1, -0.05) is 5.16 Å². The predicted octanol–water partition coefficient (Wildman–Crippen LogP) is 1.53. The van der Waals surface area contributed by atoms with Gasteiger partial charge in [0, 0.05) is 19.3 Å². The van der Waals surface area contributed by atoms with E-state index in [0.29, 0.717) is 11.5 Å². The second-order valence-electron chi connectivity index (χ2n) is 5.84. The molecule has 1 aromatic rings. The third-order valence-corrected chi connectivity index (χ3v) is 6.41. The third kappa shape index (κ3) is 2.17. The number of nitrogens with one attached hydrogen (secondary N) is 1. The van der Waals surface area contributed by atoms with Crippen molar-refractivity contribution in [1.29, 1.82) is 0 Å². The van der Waals surface area contributed by atoms with Crippen LogP contribution in [0, 0.1) is 19.3 Å². The Hall–Kier alpha value is -0.920. The Bertz CT molecular complexity index is 582. The third-order valence-electron chi connectivity index (χ3n) is 4.69. The van der Waals surface area contributed by atoms with E-state index >= 15 is 0 Å². The molecule has 1 atom stereocenters. The average molecular weight is 300 g/mol. The van der Waals surface area contributed by atoms with Crippen LogP contribution in [0.5, 0.6) is 0 Å². The number of hydrogen-bond acceptors (Lipinski definition) is 5. The standard InChI is InChI=1S/C13H20N2O4S/c1-9-12(10(2)19-14-9)20(16,17)15-11-3-4-13(11)5-7-18-8-6-13/h11,15H,3-8H2,1-2H3. The highest BCUT2D eigenvalue weighted by atomic mass is 32.2. The fourth-order valence-electron chi connectivity index (χ4n) is 3.36. The second-order valence-corrected chi connectivity index (χ2v) is 7.49. The zero-order chi connectivity index (χ0) is 14.4. The molecule has 112 valence electrons. The monoisotopic (exact) mass is 300 g/mol. The molecule has 20 heavy (non-hydrogen) atoms. The molecule has 1 saturated carbocycles. The van der Waals surface area contributed by atoms with Crippen molar-refractivity contribution in [3.8, 4) is 0 Å². The molecule has 1 spiro atoms. The molecule has 0 amide bonds. The van der Waals surface area contributed by atoms with Crippen LogP contribution < -0.4 is 4.72 Å². The average Bonchev–Trinajstić information content (AvgIpc) is 2.76. The molecular formula is C13H20N2O4S. The van der Waals surface area contributed by atoms with Crippen molar-refractivity contribution in [3.05, 3.63) is 11.5 Å². The summed E-state index contributed by atoms with van der Waals surface area (Å²) in [7, 11) is -3.56. The number of aromatic nitrogens is 1. The summed E-state index contributed by atoms with van der Waals surface area (Å²) >= 11 is 0. The first-order valence-corrected chi connectivity index (χ1v) is 8.46. The zero-order valence-electron chi connectivity index (χ0n) is 11.8. The lowest BCUT2D eigenvalue weighted by Gasteiger charge is -2.51. The highest BCUT2D eigenvalue weighted by Crippen LogP contribution is 2.49. The van der Waals surface area contributed by atoms with E-state index < -0.39 is 10.0 Å². The zero-order valence-corrected chi connectivity index (χ0v) is 12.6. The van der Waals surface area contributed by atoms with Crippen LogP contribution in [0.1, 0.15) is 37.1 Å². The second kappa shape index (κ2) is 4.82. The van der Waals surface area contributed by atoms with Gasteiger partial charge in [0.15, 0.2) is 5.76 Å². The molecule has 2 fully saturated rings. The molecule has 2 heterocycles. The highest BCUT2D eigenvalue weighted by Gasteiger charge is 2.49. The number of hydrogen-bond donors (Lipinski definition) is 1. The molecule has 1 N–H and O–H groups in total. The largest absolute Gasteiger partial charge is 0.381 e. The summed E-state index contributed by atoms with van der Waals surface area (Å²) in [5.41, 5.74) is 0.500. The molecule has 0 aromatic carbocycles. The maximum absolute atomic E-state index is 12.5. The van der Waals surface area contributed by atoms with Gasteiger partial charge in [0.25, 0.3) is 0 Å².